The van der Waals surface area contributed by atoms with Gasteiger partial charge in [-0.1, -0.05) is 20.8 Å². The third kappa shape index (κ3) is 5.50. The van der Waals surface area contributed by atoms with Crippen LogP contribution in [-0.2, 0) is 4.74 Å². The maximum atomic E-state index is 5.59. The van der Waals surface area contributed by atoms with Crippen LogP contribution in [0.25, 0.3) is 0 Å². The zero-order valence-electron chi connectivity index (χ0n) is 10.5. The molecule has 3 nitrogen and oxygen atoms in total. The molecule has 1 N–H and O–H groups in total. The first-order chi connectivity index (χ1) is 7.22. The lowest BCUT2D eigenvalue weighted by Gasteiger charge is -2.16. The van der Waals surface area contributed by atoms with Gasteiger partial charge in [-0.05, 0) is 25.4 Å². The van der Waals surface area contributed by atoms with Crippen LogP contribution >= 0.6 is 0 Å². The molecule has 1 rings (SSSR count). The number of nitrogens with one attached hydrogen (secondary N) is 1. The van der Waals surface area contributed by atoms with Crippen molar-refractivity contribution in [2.24, 2.45) is 5.92 Å². The second-order valence-electron chi connectivity index (χ2n) is 4.81. The average molecular weight is 214 g/mol. The first kappa shape index (κ1) is 12.9. The molecule has 3 heteroatoms. The Bertz CT molecular complexity index is 162. The van der Waals surface area contributed by atoms with E-state index in [4.69, 9.17) is 4.74 Å². The monoisotopic (exact) mass is 214 g/mol. The van der Waals surface area contributed by atoms with Crippen molar-refractivity contribution in [1.82, 2.24) is 10.2 Å². The Morgan fingerprint density at radius 2 is 2.27 bits per heavy atom. The van der Waals surface area contributed by atoms with Gasteiger partial charge in [0.1, 0.15) is 0 Å². The van der Waals surface area contributed by atoms with Crippen LogP contribution in [0, 0.1) is 5.92 Å². The number of likely N-dealkylation sites (N-methyl/N-ethyl adjacent to an activating group) is 1. The van der Waals surface area contributed by atoms with Gasteiger partial charge in [0.15, 0.2) is 0 Å². The zero-order chi connectivity index (χ0) is 11.1. The summed E-state index contributed by atoms with van der Waals surface area (Å²) in [6.07, 6.45) is 1.29. The maximum Gasteiger partial charge on any atom is 0.0593 e. The minimum Gasteiger partial charge on any atom is -0.380 e. The molecule has 1 unspecified atom stereocenters. The molecule has 90 valence electrons. The zero-order valence-corrected chi connectivity index (χ0v) is 10.5. The molecule has 0 spiro atoms. The van der Waals surface area contributed by atoms with Gasteiger partial charge in [0.2, 0.25) is 0 Å². The number of nitrogens with zero attached hydrogens (tertiary/aromatic N) is 1. The highest BCUT2D eigenvalue weighted by Gasteiger charge is 2.20. The van der Waals surface area contributed by atoms with Crippen LogP contribution < -0.4 is 5.32 Å². The Morgan fingerprint density at radius 1 is 1.47 bits per heavy atom. The fraction of sp³-hybridized carbons (Fsp3) is 1.00. The molecular weight excluding hydrogens is 188 g/mol. The molecule has 0 aromatic carbocycles. The quantitative estimate of drug-likeness (QED) is 0.647. The Morgan fingerprint density at radius 3 is 2.93 bits per heavy atom. The Hall–Kier alpha value is -0.120. The summed E-state index contributed by atoms with van der Waals surface area (Å²) < 4.78 is 5.59. The van der Waals surface area contributed by atoms with Gasteiger partial charge in [-0.15, -0.1) is 0 Å². The second-order valence-corrected chi connectivity index (χ2v) is 4.81. The third-order valence-electron chi connectivity index (χ3n) is 2.77. The minimum absolute atomic E-state index is 0.651. The number of hydrogen-bond donors (Lipinski definition) is 1. The normalized spacial score (nSPS) is 22.8. The number of ether oxygens (including phenoxy) is 1. The molecule has 1 atom stereocenters. The Kier molecular flexibility index (Phi) is 6.22. The summed E-state index contributed by atoms with van der Waals surface area (Å²) >= 11 is 0. The molecule has 0 amide bonds. The summed E-state index contributed by atoms with van der Waals surface area (Å²) in [7, 11) is 0. The molecule has 0 aromatic heterocycles. The largest absolute Gasteiger partial charge is 0.380 e. The SMILES string of the molecule is CCNC1CCN(CCOCC(C)C)C1. The lowest BCUT2D eigenvalue weighted by Crippen LogP contribution is -2.33. The van der Waals surface area contributed by atoms with Gasteiger partial charge >= 0.3 is 0 Å². The number of hydrogen-bond acceptors (Lipinski definition) is 3. The molecule has 0 aromatic rings. The molecule has 0 radical (unpaired) electrons. The Balaban J connectivity index is 1.99. The van der Waals surface area contributed by atoms with Crippen molar-refractivity contribution < 1.29 is 4.74 Å². The van der Waals surface area contributed by atoms with E-state index in [1.807, 2.05) is 0 Å². The second kappa shape index (κ2) is 7.20. The number of rotatable bonds is 7. The average Bonchev–Trinajstić information content (AvgIpc) is 2.61. The van der Waals surface area contributed by atoms with Crippen LogP contribution in [0.2, 0.25) is 0 Å². The van der Waals surface area contributed by atoms with Gasteiger partial charge in [-0.3, -0.25) is 4.90 Å². The van der Waals surface area contributed by atoms with Crippen molar-refractivity contribution in [2.45, 2.75) is 33.2 Å². The smallest absolute Gasteiger partial charge is 0.0593 e. The van der Waals surface area contributed by atoms with Gasteiger partial charge in [0.25, 0.3) is 0 Å². The molecule has 1 heterocycles. The molecule has 0 bridgehead atoms. The van der Waals surface area contributed by atoms with Gasteiger partial charge < -0.3 is 10.1 Å². The summed E-state index contributed by atoms with van der Waals surface area (Å²) in [6, 6.07) is 0.708. The maximum absolute atomic E-state index is 5.59. The van der Waals surface area contributed by atoms with Gasteiger partial charge in [0, 0.05) is 25.7 Å². The fourth-order valence-electron chi connectivity index (χ4n) is 2.00. The van der Waals surface area contributed by atoms with Crippen molar-refractivity contribution in [2.75, 3.05) is 39.4 Å². The van der Waals surface area contributed by atoms with E-state index < -0.39 is 0 Å². The highest BCUT2D eigenvalue weighted by atomic mass is 16.5. The van der Waals surface area contributed by atoms with Crippen molar-refractivity contribution >= 4 is 0 Å². The van der Waals surface area contributed by atoms with E-state index in [0.29, 0.717) is 12.0 Å². The topological polar surface area (TPSA) is 24.5 Å². The molecule has 15 heavy (non-hydrogen) atoms. The minimum atomic E-state index is 0.651. The summed E-state index contributed by atoms with van der Waals surface area (Å²) in [5, 5.41) is 3.50. The standard InChI is InChI=1S/C12H26N2O/c1-4-13-12-5-6-14(9-12)7-8-15-10-11(2)3/h11-13H,4-10H2,1-3H3. The summed E-state index contributed by atoms with van der Waals surface area (Å²) in [4.78, 5) is 2.49. The molecule has 1 saturated heterocycles. The van der Waals surface area contributed by atoms with E-state index in [1.54, 1.807) is 0 Å². The van der Waals surface area contributed by atoms with E-state index in [-0.39, 0.29) is 0 Å². The van der Waals surface area contributed by atoms with Crippen LogP contribution in [0.1, 0.15) is 27.2 Å². The van der Waals surface area contributed by atoms with Crippen molar-refractivity contribution in [3.8, 4) is 0 Å². The summed E-state index contributed by atoms with van der Waals surface area (Å²) in [5.41, 5.74) is 0. The summed E-state index contributed by atoms with van der Waals surface area (Å²) in [6.45, 7) is 12.9. The van der Waals surface area contributed by atoms with Crippen molar-refractivity contribution in [1.29, 1.82) is 0 Å². The molecule has 1 fully saturated rings. The number of likely N-dealkylation sites (tertiary alicyclic amines) is 1. The van der Waals surface area contributed by atoms with E-state index in [0.717, 1.165) is 26.3 Å². The van der Waals surface area contributed by atoms with E-state index in [2.05, 4.69) is 31.0 Å². The van der Waals surface area contributed by atoms with E-state index >= 15 is 0 Å². The predicted molar refractivity (Wildman–Crippen MR) is 64.2 cm³/mol. The van der Waals surface area contributed by atoms with Gasteiger partial charge in [-0.25, -0.2) is 0 Å². The first-order valence-electron chi connectivity index (χ1n) is 6.25. The van der Waals surface area contributed by atoms with Crippen LogP contribution in [0.5, 0.6) is 0 Å². The molecule has 0 aliphatic carbocycles. The Labute approximate surface area is 94.2 Å². The van der Waals surface area contributed by atoms with E-state index in [9.17, 15) is 0 Å². The highest BCUT2D eigenvalue weighted by Crippen LogP contribution is 2.08. The molecule has 0 saturated carbocycles. The van der Waals surface area contributed by atoms with Gasteiger partial charge in [0.05, 0.1) is 6.61 Å². The summed E-state index contributed by atoms with van der Waals surface area (Å²) in [5.74, 6) is 0.651. The molecular formula is C12H26N2O. The van der Waals surface area contributed by atoms with Crippen LogP contribution in [-0.4, -0.2) is 50.3 Å². The highest BCUT2D eigenvalue weighted by molar-refractivity contribution is 4.80. The molecule has 1 aliphatic heterocycles. The van der Waals surface area contributed by atoms with Crippen molar-refractivity contribution in [3.05, 3.63) is 0 Å². The van der Waals surface area contributed by atoms with Crippen LogP contribution in [0.4, 0.5) is 0 Å². The van der Waals surface area contributed by atoms with Crippen LogP contribution in [0.15, 0.2) is 0 Å². The van der Waals surface area contributed by atoms with Crippen LogP contribution in [0.3, 0.4) is 0 Å². The lowest BCUT2D eigenvalue weighted by atomic mass is 10.2. The fourth-order valence-corrected chi connectivity index (χ4v) is 2.00. The van der Waals surface area contributed by atoms with E-state index in [1.165, 1.54) is 19.5 Å². The first-order valence-corrected chi connectivity index (χ1v) is 6.25. The van der Waals surface area contributed by atoms with Gasteiger partial charge in [-0.2, -0.15) is 0 Å². The molecule has 1 aliphatic rings. The van der Waals surface area contributed by atoms with Crippen molar-refractivity contribution in [3.63, 3.8) is 0 Å². The third-order valence-corrected chi connectivity index (χ3v) is 2.77. The lowest BCUT2D eigenvalue weighted by molar-refractivity contribution is 0.0907. The predicted octanol–water partition coefficient (Wildman–Crippen LogP) is 1.34.